The summed E-state index contributed by atoms with van der Waals surface area (Å²) in [5, 5.41) is 23.5. The van der Waals surface area contributed by atoms with Gasteiger partial charge in [0, 0.05) is 18.7 Å². The number of phenolic OH excluding ortho intramolecular Hbond substituents is 1. The van der Waals surface area contributed by atoms with Gasteiger partial charge in [0.2, 0.25) is 0 Å². The maximum absolute atomic E-state index is 10.5. The minimum absolute atomic E-state index is 0.252. The monoisotopic (exact) mass is 279 g/mol. The first-order valence-electron chi connectivity index (χ1n) is 7.31. The van der Waals surface area contributed by atoms with Crippen molar-refractivity contribution in [1.82, 2.24) is 5.32 Å². The molecular weight excluding hydrogens is 254 g/mol. The smallest absolute Gasteiger partial charge is 0.120 e. The SMILES string of the molecule is COc1ccc(O)c(CNCC2(O)CCC(C)CC2)c1. The fourth-order valence-electron chi connectivity index (χ4n) is 2.74. The van der Waals surface area contributed by atoms with E-state index >= 15 is 0 Å². The van der Waals surface area contributed by atoms with Crippen LogP contribution in [0.4, 0.5) is 0 Å². The molecule has 0 spiro atoms. The van der Waals surface area contributed by atoms with Gasteiger partial charge in [0.1, 0.15) is 11.5 Å². The molecule has 0 heterocycles. The number of aliphatic hydroxyl groups is 1. The molecule has 1 aromatic rings. The van der Waals surface area contributed by atoms with Gasteiger partial charge in [-0.3, -0.25) is 0 Å². The Kier molecular flexibility index (Phi) is 4.89. The molecule has 0 unspecified atom stereocenters. The zero-order valence-corrected chi connectivity index (χ0v) is 12.4. The zero-order valence-electron chi connectivity index (χ0n) is 12.4. The third kappa shape index (κ3) is 3.87. The van der Waals surface area contributed by atoms with Crippen molar-refractivity contribution in [3.8, 4) is 11.5 Å². The van der Waals surface area contributed by atoms with Crippen LogP contribution in [0.5, 0.6) is 11.5 Å². The van der Waals surface area contributed by atoms with E-state index in [2.05, 4.69) is 12.2 Å². The predicted octanol–water partition coefficient (Wildman–Crippen LogP) is 2.43. The minimum atomic E-state index is -0.596. The third-order valence-corrected chi connectivity index (χ3v) is 4.26. The first-order chi connectivity index (χ1) is 9.52. The molecule has 0 aliphatic heterocycles. The maximum Gasteiger partial charge on any atom is 0.120 e. The van der Waals surface area contributed by atoms with E-state index in [4.69, 9.17) is 4.74 Å². The van der Waals surface area contributed by atoms with Gasteiger partial charge in [-0.2, -0.15) is 0 Å². The Morgan fingerprint density at radius 2 is 2.05 bits per heavy atom. The van der Waals surface area contributed by atoms with Crippen molar-refractivity contribution < 1.29 is 14.9 Å². The topological polar surface area (TPSA) is 61.7 Å². The number of nitrogens with one attached hydrogen (secondary N) is 1. The number of aromatic hydroxyl groups is 1. The van der Waals surface area contributed by atoms with E-state index in [1.807, 2.05) is 6.07 Å². The number of hydrogen-bond donors (Lipinski definition) is 3. The normalized spacial score (nSPS) is 26.4. The van der Waals surface area contributed by atoms with Gasteiger partial charge in [0.25, 0.3) is 0 Å². The highest BCUT2D eigenvalue weighted by Gasteiger charge is 2.31. The van der Waals surface area contributed by atoms with Crippen LogP contribution in [0.15, 0.2) is 18.2 Å². The van der Waals surface area contributed by atoms with E-state index in [-0.39, 0.29) is 5.75 Å². The number of hydrogen-bond acceptors (Lipinski definition) is 4. The molecular formula is C16H25NO3. The lowest BCUT2D eigenvalue weighted by atomic mass is 9.79. The number of rotatable bonds is 5. The van der Waals surface area contributed by atoms with Crippen LogP contribution in [-0.4, -0.2) is 29.5 Å². The molecule has 1 aliphatic rings. The molecule has 3 N–H and O–H groups in total. The van der Waals surface area contributed by atoms with E-state index in [0.29, 0.717) is 13.1 Å². The minimum Gasteiger partial charge on any atom is -0.508 e. The molecule has 0 saturated heterocycles. The highest BCUT2D eigenvalue weighted by molar-refractivity contribution is 5.39. The predicted molar refractivity (Wildman–Crippen MR) is 78.9 cm³/mol. The van der Waals surface area contributed by atoms with Crippen molar-refractivity contribution in [3.63, 3.8) is 0 Å². The van der Waals surface area contributed by atoms with E-state index in [1.54, 1.807) is 19.2 Å². The van der Waals surface area contributed by atoms with Gasteiger partial charge < -0.3 is 20.3 Å². The van der Waals surface area contributed by atoms with Crippen LogP contribution in [0.25, 0.3) is 0 Å². The number of phenols is 1. The highest BCUT2D eigenvalue weighted by Crippen LogP contribution is 2.31. The summed E-state index contributed by atoms with van der Waals surface area (Å²) in [6.45, 7) is 3.33. The van der Waals surface area contributed by atoms with Crippen LogP contribution in [0, 0.1) is 5.92 Å². The number of ether oxygens (including phenoxy) is 1. The Hall–Kier alpha value is -1.26. The van der Waals surface area contributed by atoms with Crippen LogP contribution in [-0.2, 0) is 6.54 Å². The molecule has 0 atom stereocenters. The van der Waals surface area contributed by atoms with Gasteiger partial charge in [-0.05, 0) is 49.8 Å². The fraction of sp³-hybridized carbons (Fsp3) is 0.625. The van der Waals surface area contributed by atoms with Crippen molar-refractivity contribution in [2.45, 2.75) is 44.8 Å². The van der Waals surface area contributed by atoms with Crippen LogP contribution < -0.4 is 10.1 Å². The van der Waals surface area contributed by atoms with Gasteiger partial charge >= 0.3 is 0 Å². The Balaban J connectivity index is 1.86. The summed E-state index contributed by atoms with van der Waals surface area (Å²) in [5.41, 5.74) is 0.193. The molecule has 112 valence electrons. The molecule has 0 bridgehead atoms. The third-order valence-electron chi connectivity index (χ3n) is 4.26. The Labute approximate surface area is 120 Å². The van der Waals surface area contributed by atoms with Crippen LogP contribution in [0.3, 0.4) is 0 Å². The highest BCUT2D eigenvalue weighted by atomic mass is 16.5. The lowest BCUT2D eigenvalue weighted by Crippen LogP contribution is -2.43. The lowest BCUT2D eigenvalue weighted by molar-refractivity contribution is -0.00633. The summed E-state index contributed by atoms with van der Waals surface area (Å²) in [6, 6.07) is 5.18. The molecule has 2 rings (SSSR count). The average Bonchev–Trinajstić information content (AvgIpc) is 2.44. The molecule has 1 aromatic carbocycles. The van der Waals surface area contributed by atoms with Crippen molar-refractivity contribution >= 4 is 0 Å². The summed E-state index contributed by atoms with van der Waals surface area (Å²) in [5.74, 6) is 1.70. The molecule has 0 amide bonds. The molecule has 0 aromatic heterocycles. The summed E-state index contributed by atoms with van der Waals surface area (Å²) in [6.07, 6.45) is 3.88. The number of benzene rings is 1. The lowest BCUT2D eigenvalue weighted by Gasteiger charge is -2.35. The quantitative estimate of drug-likeness (QED) is 0.774. The average molecular weight is 279 g/mol. The molecule has 1 fully saturated rings. The second-order valence-electron chi connectivity index (χ2n) is 6.01. The van der Waals surface area contributed by atoms with Gasteiger partial charge in [0.05, 0.1) is 12.7 Å². The van der Waals surface area contributed by atoms with Crippen molar-refractivity contribution in [1.29, 1.82) is 0 Å². The van der Waals surface area contributed by atoms with Crippen molar-refractivity contribution in [3.05, 3.63) is 23.8 Å². The van der Waals surface area contributed by atoms with Crippen molar-refractivity contribution in [2.75, 3.05) is 13.7 Å². The second-order valence-corrected chi connectivity index (χ2v) is 6.01. The first-order valence-corrected chi connectivity index (χ1v) is 7.31. The summed E-state index contributed by atoms with van der Waals surface area (Å²) in [7, 11) is 1.61. The molecule has 20 heavy (non-hydrogen) atoms. The van der Waals surface area contributed by atoms with E-state index in [0.717, 1.165) is 42.9 Å². The van der Waals surface area contributed by atoms with E-state index < -0.39 is 5.60 Å². The largest absolute Gasteiger partial charge is 0.508 e. The second kappa shape index (κ2) is 6.46. The Bertz CT molecular complexity index is 439. The standard InChI is InChI=1S/C16H25NO3/c1-12-5-7-16(19,8-6-12)11-17-10-13-9-14(20-2)3-4-15(13)18/h3-4,9,12,17-19H,5-8,10-11H2,1-2H3. The van der Waals surface area contributed by atoms with Gasteiger partial charge in [-0.1, -0.05) is 6.92 Å². The van der Waals surface area contributed by atoms with Crippen LogP contribution in [0.2, 0.25) is 0 Å². The van der Waals surface area contributed by atoms with Crippen molar-refractivity contribution in [2.24, 2.45) is 5.92 Å². The summed E-state index contributed by atoms with van der Waals surface area (Å²) in [4.78, 5) is 0. The van der Waals surface area contributed by atoms with Gasteiger partial charge in [-0.15, -0.1) is 0 Å². The Morgan fingerprint density at radius 1 is 1.35 bits per heavy atom. The van der Waals surface area contributed by atoms with Gasteiger partial charge in [0.15, 0.2) is 0 Å². The van der Waals surface area contributed by atoms with E-state index in [1.165, 1.54) is 0 Å². The zero-order chi connectivity index (χ0) is 14.6. The Morgan fingerprint density at radius 3 is 2.70 bits per heavy atom. The first kappa shape index (κ1) is 15.1. The summed E-state index contributed by atoms with van der Waals surface area (Å²) >= 11 is 0. The molecule has 0 radical (unpaired) electrons. The molecule has 1 aliphatic carbocycles. The van der Waals surface area contributed by atoms with Crippen LogP contribution >= 0.6 is 0 Å². The fourth-order valence-corrected chi connectivity index (χ4v) is 2.74. The van der Waals surface area contributed by atoms with E-state index in [9.17, 15) is 10.2 Å². The molecule has 1 saturated carbocycles. The maximum atomic E-state index is 10.5. The van der Waals surface area contributed by atoms with Crippen LogP contribution in [0.1, 0.15) is 38.2 Å². The molecule has 4 nitrogen and oxygen atoms in total. The number of methoxy groups -OCH3 is 1. The summed E-state index contributed by atoms with van der Waals surface area (Å²) < 4.78 is 5.15. The molecule has 4 heteroatoms. The van der Waals surface area contributed by atoms with Gasteiger partial charge in [-0.25, -0.2) is 0 Å².